The van der Waals surface area contributed by atoms with Crippen LogP contribution in [0.5, 0.6) is 0 Å². The second-order valence-electron chi connectivity index (χ2n) is 7.70. The quantitative estimate of drug-likeness (QED) is 0.108. The summed E-state index contributed by atoms with van der Waals surface area (Å²) in [5.41, 5.74) is 0.915. The van der Waals surface area contributed by atoms with Crippen molar-refractivity contribution in [3.63, 3.8) is 0 Å². The maximum absolute atomic E-state index is 13.2. The Bertz CT molecular complexity index is 1700. The minimum Gasteiger partial charge on any atom is -0.504 e. The summed E-state index contributed by atoms with van der Waals surface area (Å²) in [4.78, 5) is 17.7. The number of halogens is 1. The molecule has 0 radical (unpaired) electrons. The molecule has 0 aliphatic rings. The van der Waals surface area contributed by atoms with E-state index in [-0.39, 0.29) is 26.4 Å². The van der Waals surface area contributed by atoms with Crippen molar-refractivity contribution in [2.75, 3.05) is 12.4 Å². The van der Waals surface area contributed by atoms with Gasteiger partial charge in [0.15, 0.2) is 27.4 Å². The van der Waals surface area contributed by atoms with Gasteiger partial charge in [-0.1, -0.05) is 0 Å². The number of benzene rings is 1. The number of thiophene rings is 1. The molecule has 194 valence electrons. The van der Waals surface area contributed by atoms with Gasteiger partial charge in [0, 0.05) is 18.0 Å². The number of carbonyl (C=O) groups is 1. The Morgan fingerprint density at radius 2 is 1.84 bits per heavy atom. The molecule has 0 atom stereocenters. The Balaban J connectivity index is 1.38. The van der Waals surface area contributed by atoms with Crippen molar-refractivity contribution >= 4 is 50.2 Å². The summed E-state index contributed by atoms with van der Waals surface area (Å²) in [7, 11) is -1.64. The van der Waals surface area contributed by atoms with Gasteiger partial charge in [0.25, 0.3) is 5.91 Å². The third-order valence-corrected chi connectivity index (χ3v) is 8.13. The Kier molecular flexibility index (Phi) is 7.13. The fraction of sp³-hybridized carbons (Fsp3) is 0.0400. The molecule has 0 saturated carbocycles. The molecule has 0 fully saturated rings. The van der Waals surface area contributed by atoms with Gasteiger partial charge in [-0.2, -0.15) is 0 Å². The second kappa shape index (κ2) is 10.7. The maximum atomic E-state index is 13.2. The number of thiazole rings is 1. The summed E-state index contributed by atoms with van der Waals surface area (Å²) in [5, 5.41) is 18.0. The number of hydrogen-bond donors (Lipinski definition) is 4. The molecule has 4 heterocycles. The third kappa shape index (κ3) is 5.11. The summed E-state index contributed by atoms with van der Waals surface area (Å²) < 4.78 is 48.0. The molecule has 13 heteroatoms. The molecule has 0 aliphatic heterocycles. The average molecular weight is 572 g/mol. The van der Waals surface area contributed by atoms with Crippen LogP contribution in [0, 0.1) is 5.82 Å². The van der Waals surface area contributed by atoms with Gasteiger partial charge in [-0.3, -0.25) is 10.1 Å². The van der Waals surface area contributed by atoms with E-state index in [9.17, 15) is 22.7 Å². The molecular weight excluding hydrogens is 553 g/mol. The first kappa shape index (κ1) is 25.4. The van der Waals surface area contributed by atoms with E-state index in [4.69, 9.17) is 8.83 Å². The molecule has 38 heavy (non-hydrogen) atoms. The van der Waals surface area contributed by atoms with Crippen LogP contribution in [0.1, 0.15) is 4.88 Å². The van der Waals surface area contributed by atoms with Crippen LogP contribution in [0.25, 0.3) is 39.2 Å². The Hall–Kier alpha value is -4.20. The smallest absolute Gasteiger partial charge is 0.277 e. The molecule has 3 N–H and O–H groups in total. The number of rotatable bonds is 8. The van der Waals surface area contributed by atoms with E-state index >= 15 is 0 Å². The molecule has 0 spiro atoms. The highest BCUT2D eigenvalue weighted by Gasteiger charge is 2.24. The SMILES string of the molecule is CN/C(C(=O)Nc1nc(-c2ccc(-c3ccc(F)cc3)o2)cs1)=C(/O)c1sc(-c2ccco2)cc1[SH](=O)=O. The van der Waals surface area contributed by atoms with Crippen LogP contribution in [0.3, 0.4) is 0 Å². The second-order valence-corrected chi connectivity index (χ2v) is 10.6. The summed E-state index contributed by atoms with van der Waals surface area (Å²) in [6, 6.07) is 14.0. The molecule has 0 aliphatic carbocycles. The van der Waals surface area contributed by atoms with E-state index < -0.39 is 22.4 Å². The van der Waals surface area contributed by atoms with E-state index in [2.05, 4.69) is 15.6 Å². The molecule has 0 saturated heterocycles. The Morgan fingerprint density at radius 3 is 2.53 bits per heavy atom. The lowest BCUT2D eigenvalue weighted by atomic mass is 10.2. The highest BCUT2D eigenvalue weighted by Crippen LogP contribution is 2.37. The predicted octanol–water partition coefficient (Wildman–Crippen LogP) is 5.59. The number of likely N-dealkylation sites (N-methyl/N-ethyl adjacent to an activating group) is 1. The van der Waals surface area contributed by atoms with Crippen molar-refractivity contribution in [2.24, 2.45) is 0 Å². The van der Waals surface area contributed by atoms with E-state index in [1.54, 1.807) is 41.8 Å². The number of amides is 1. The fourth-order valence-electron chi connectivity index (χ4n) is 3.53. The van der Waals surface area contributed by atoms with Crippen molar-refractivity contribution in [1.29, 1.82) is 0 Å². The Labute approximate surface area is 224 Å². The zero-order valence-corrected chi connectivity index (χ0v) is 22.0. The van der Waals surface area contributed by atoms with Crippen LogP contribution in [-0.4, -0.2) is 31.5 Å². The first-order valence-corrected chi connectivity index (χ1v) is 13.8. The Morgan fingerprint density at radius 1 is 1.08 bits per heavy atom. The number of nitrogens with zero attached hydrogens (tertiary/aromatic N) is 1. The van der Waals surface area contributed by atoms with Gasteiger partial charge in [0.1, 0.15) is 28.7 Å². The molecule has 1 amide bonds. The largest absolute Gasteiger partial charge is 0.504 e. The zero-order valence-electron chi connectivity index (χ0n) is 19.4. The van der Waals surface area contributed by atoms with Gasteiger partial charge in [-0.25, -0.2) is 17.8 Å². The molecule has 5 rings (SSSR count). The van der Waals surface area contributed by atoms with Gasteiger partial charge in [0.2, 0.25) is 0 Å². The number of aliphatic hydroxyl groups is 1. The molecule has 4 aromatic heterocycles. The minimum absolute atomic E-state index is 0.00394. The highest BCUT2D eigenvalue weighted by molar-refractivity contribution is 7.72. The van der Waals surface area contributed by atoms with Crippen LogP contribution in [0.2, 0.25) is 0 Å². The van der Waals surface area contributed by atoms with Crippen LogP contribution >= 0.6 is 22.7 Å². The molecule has 0 unspecified atom stereocenters. The predicted molar refractivity (Wildman–Crippen MR) is 143 cm³/mol. The molecule has 9 nitrogen and oxygen atoms in total. The lowest BCUT2D eigenvalue weighted by molar-refractivity contribution is -0.113. The first-order valence-electron chi connectivity index (χ1n) is 10.9. The van der Waals surface area contributed by atoms with Crippen LogP contribution < -0.4 is 10.6 Å². The number of thiol groups is 1. The van der Waals surface area contributed by atoms with Crippen molar-refractivity contribution in [3.05, 3.63) is 82.6 Å². The van der Waals surface area contributed by atoms with Crippen LogP contribution in [0.4, 0.5) is 9.52 Å². The van der Waals surface area contributed by atoms with Crippen molar-refractivity contribution in [1.82, 2.24) is 10.3 Å². The molecule has 0 bridgehead atoms. The van der Waals surface area contributed by atoms with Gasteiger partial charge in [-0.15, -0.1) is 22.7 Å². The van der Waals surface area contributed by atoms with Crippen molar-refractivity contribution < 1.29 is 31.5 Å². The highest BCUT2D eigenvalue weighted by atomic mass is 32.2. The van der Waals surface area contributed by atoms with E-state index in [1.165, 1.54) is 31.5 Å². The van der Waals surface area contributed by atoms with E-state index in [1.807, 2.05) is 0 Å². The van der Waals surface area contributed by atoms with Gasteiger partial charge in [-0.05, 0) is 54.6 Å². The first-order chi connectivity index (χ1) is 18.3. The number of nitrogens with one attached hydrogen (secondary N) is 2. The van der Waals surface area contributed by atoms with Crippen LogP contribution in [0.15, 0.2) is 85.7 Å². The number of carbonyl (C=O) groups excluding carboxylic acids is 1. The van der Waals surface area contributed by atoms with Gasteiger partial charge in [0.05, 0.1) is 20.9 Å². The topological polar surface area (TPSA) is 135 Å². The standard InChI is InChI=1S/C25H18FN3O6S3/c1-27-21(22(30)23-20(38(32)33)11-19(37-23)18-3-2-10-34-18)24(31)29-25-28-15(12-36-25)17-9-8-16(35-17)13-4-6-14(26)7-5-13/h2-12,27,30,38H,1H3,(H,28,29,31)/b22-21+. The zero-order chi connectivity index (χ0) is 26.8. The lowest BCUT2D eigenvalue weighted by Gasteiger charge is -2.09. The van der Waals surface area contributed by atoms with E-state index in [0.717, 1.165) is 22.7 Å². The summed E-state index contributed by atoms with van der Waals surface area (Å²) in [6.07, 6.45) is 1.45. The van der Waals surface area contributed by atoms with Crippen molar-refractivity contribution in [2.45, 2.75) is 4.90 Å². The monoisotopic (exact) mass is 571 g/mol. The van der Waals surface area contributed by atoms with Crippen molar-refractivity contribution in [3.8, 4) is 33.4 Å². The maximum Gasteiger partial charge on any atom is 0.277 e. The van der Waals surface area contributed by atoms with Crippen LogP contribution in [-0.2, 0) is 15.5 Å². The summed E-state index contributed by atoms with van der Waals surface area (Å²) in [6.45, 7) is 0. The number of furan rings is 2. The fourth-order valence-corrected chi connectivity index (χ4v) is 6.15. The number of anilines is 1. The summed E-state index contributed by atoms with van der Waals surface area (Å²) in [5.74, 6) is -0.205. The van der Waals surface area contributed by atoms with Gasteiger partial charge < -0.3 is 19.3 Å². The molecular formula is C25H18FN3O6S3. The number of hydrogen-bond acceptors (Lipinski definition) is 10. The average Bonchev–Trinajstić information content (AvgIpc) is 3.71. The number of aromatic nitrogens is 1. The summed E-state index contributed by atoms with van der Waals surface area (Å²) >= 11 is 2.11. The minimum atomic E-state index is -3.06. The number of aliphatic hydroxyl groups excluding tert-OH is 1. The third-order valence-electron chi connectivity index (χ3n) is 5.31. The molecule has 1 aromatic carbocycles. The lowest BCUT2D eigenvalue weighted by Crippen LogP contribution is -2.24. The van der Waals surface area contributed by atoms with E-state index in [0.29, 0.717) is 33.4 Å². The van der Waals surface area contributed by atoms with Gasteiger partial charge >= 0.3 is 0 Å². The normalized spacial score (nSPS) is 12.0. The molecule has 5 aromatic rings.